The summed E-state index contributed by atoms with van der Waals surface area (Å²) in [5.41, 5.74) is 4.06. The van der Waals surface area contributed by atoms with Crippen LogP contribution in [-0.2, 0) is 28.7 Å². The molecule has 1 aliphatic heterocycles. The topological polar surface area (TPSA) is 91.9 Å². The first-order valence-corrected chi connectivity index (χ1v) is 12.0. The molecular formula is C24H25FN3O3S+. The number of halogens is 1. The molecule has 4 N–H and O–H groups in total. The van der Waals surface area contributed by atoms with E-state index in [1.807, 2.05) is 49.4 Å². The second-order valence-electron chi connectivity index (χ2n) is 7.94. The Morgan fingerprint density at radius 1 is 1.03 bits per heavy atom. The van der Waals surface area contributed by atoms with Crippen LogP contribution < -0.4 is 16.0 Å². The van der Waals surface area contributed by atoms with Gasteiger partial charge in [-0.2, -0.15) is 0 Å². The van der Waals surface area contributed by atoms with Crippen LogP contribution in [0.1, 0.15) is 35.2 Å². The highest BCUT2D eigenvalue weighted by atomic mass is 32.2. The van der Waals surface area contributed by atoms with E-state index in [1.54, 1.807) is 6.07 Å². The van der Waals surface area contributed by atoms with Gasteiger partial charge in [0.15, 0.2) is 9.84 Å². The van der Waals surface area contributed by atoms with Crippen LogP contribution in [0.2, 0.25) is 0 Å². The van der Waals surface area contributed by atoms with Crippen molar-refractivity contribution in [2.75, 3.05) is 5.32 Å². The van der Waals surface area contributed by atoms with Gasteiger partial charge in [-0.1, -0.05) is 42.5 Å². The van der Waals surface area contributed by atoms with Crippen molar-refractivity contribution >= 4 is 21.6 Å². The van der Waals surface area contributed by atoms with Gasteiger partial charge in [0, 0.05) is 16.8 Å². The number of anilines is 1. The molecule has 1 unspecified atom stereocenters. The minimum absolute atomic E-state index is 0.173. The molecule has 0 bridgehead atoms. The van der Waals surface area contributed by atoms with E-state index < -0.39 is 21.7 Å². The molecule has 0 aliphatic carbocycles. The number of benzene rings is 3. The highest BCUT2D eigenvalue weighted by Crippen LogP contribution is 2.24. The van der Waals surface area contributed by atoms with Crippen LogP contribution in [0.4, 0.5) is 14.9 Å². The molecule has 0 aromatic heterocycles. The van der Waals surface area contributed by atoms with Gasteiger partial charge >= 0.3 is 6.03 Å². The fraction of sp³-hybridized carbons (Fsp3) is 0.208. The van der Waals surface area contributed by atoms with E-state index in [4.69, 9.17) is 0 Å². The van der Waals surface area contributed by atoms with E-state index in [-0.39, 0.29) is 22.4 Å². The Kier molecular flexibility index (Phi) is 6.25. The Morgan fingerprint density at radius 2 is 1.78 bits per heavy atom. The molecule has 166 valence electrons. The van der Waals surface area contributed by atoms with Crippen LogP contribution in [0.5, 0.6) is 0 Å². The Balaban J connectivity index is 1.43. The molecule has 3 aromatic rings. The maximum Gasteiger partial charge on any atom is 0.319 e. The molecule has 0 fully saturated rings. The largest absolute Gasteiger partial charge is 0.339 e. The maximum absolute atomic E-state index is 14.7. The van der Waals surface area contributed by atoms with Gasteiger partial charge in [-0.05, 0) is 42.3 Å². The van der Waals surface area contributed by atoms with E-state index in [1.165, 1.54) is 17.7 Å². The molecule has 1 aliphatic rings. The van der Waals surface area contributed by atoms with Gasteiger partial charge in [0.05, 0.1) is 11.8 Å². The molecule has 6 nitrogen and oxygen atoms in total. The molecule has 4 rings (SSSR count). The zero-order valence-corrected chi connectivity index (χ0v) is 18.5. The third kappa shape index (κ3) is 4.98. The lowest BCUT2D eigenvalue weighted by Gasteiger charge is -2.15. The van der Waals surface area contributed by atoms with Gasteiger partial charge < -0.3 is 16.0 Å². The van der Waals surface area contributed by atoms with Crippen molar-refractivity contribution in [1.29, 1.82) is 0 Å². The average molecular weight is 455 g/mol. The summed E-state index contributed by atoms with van der Waals surface area (Å²) in [5.74, 6) is -1.17. The van der Waals surface area contributed by atoms with Crippen molar-refractivity contribution in [3.63, 3.8) is 0 Å². The molecule has 0 spiro atoms. The normalized spacial score (nSPS) is 13.9. The first kappa shape index (κ1) is 22.0. The molecule has 1 heterocycles. The van der Waals surface area contributed by atoms with Crippen LogP contribution in [0.3, 0.4) is 0 Å². The number of hydrogen-bond acceptors (Lipinski definition) is 3. The highest BCUT2D eigenvalue weighted by Gasteiger charge is 2.22. The fourth-order valence-corrected chi connectivity index (χ4v) is 5.26. The van der Waals surface area contributed by atoms with E-state index in [2.05, 4.69) is 16.0 Å². The Hall–Kier alpha value is -3.23. The van der Waals surface area contributed by atoms with Crippen molar-refractivity contribution < 1.29 is 22.9 Å². The predicted octanol–water partition coefficient (Wildman–Crippen LogP) is 3.26. The molecule has 0 saturated carbocycles. The quantitative estimate of drug-likeness (QED) is 0.534. The molecule has 0 saturated heterocycles. The summed E-state index contributed by atoms with van der Waals surface area (Å²) in [6.07, 6.45) is 0. The average Bonchev–Trinajstić information content (AvgIpc) is 3.21. The molecule has 2 amide bonds. The minimum atomic E-state index is -3.88. The van der Waals surface area contributed by atoms with Crippen LogP contribution >= 0.6 is 0 Å². The molecule has 8 heteroatoms. The van der Waals surface area contributed by atoms with E-state index in [0.29, 0.717) is 5.56 Å². The van der Waals surface area contributed by atoms with Crippen molar-refractivity contribution in [3.8, 4) is 0 Å². The van der Waals surface area contributed by atoms with Gasteiger partial charge in [-0.3, -0.25) is 0 Å². The van der Waals surface area contributed by atoms with E-state index in [9.17, 15) is 17.6 Å². The third-order valence-corrected chi connectivity index (χ3v) is 7.24. The Labute approximate surface area is 186 Å². The summed E-state index contributed by atoms with van der Waals surface area (Å²) in [6, 6.07) is 17.9. The van der Waals surface area contributed by atoms with Gasteiger partial charge in [-0.25, -0.2) is 17.6 Å². The molecular weight excluding hydrogens is 429 g/mol. The molecule has 3 aromatic carbocycles. The lowest BCUT2D eigenvalue weighted by molar-refractivity contribution is -0.676. The van der Waals surface area contributed by atoms with Gasteiger partial charge in [0.25, 0.3) is 0 Å². The summed E-state index contributed by atoms with van der Waals surface area (Å²) in [5, 5.41) is 7.46. The second-order valence-corrected chi connectivity index (χ2v) is 9.89. The van der Waals surface area contributed by atoms with Gasteiger partial charge in [0.1, 0.15) is 23.8 Å². The number of nitrogens with one attached hydrogen (secondary N) is 2. The lowest BCUT2D eigenvalue weighted by Crippen LogP contribution is -2.77. The summed E-state index contributed by atoms with van der Waals surface area (Å²) in [7, 11) is -3.88. The van der Waals surface area contributed by atoms with Crippen LogP contribution in [0, 0.1) is 5.82 Å². The van der Waals surface area contributed by atoms with Crippen molar-refractivity contribution in [2.45, 2.75) is 36.7 Å². The summed E-state index contributed by atoms with van der Waals surface area (Å²) < 4.78 is 40.3. The summed E-state index contributed by atoms with van der Waals surface area (Å²) >= 11 is 0. The number of urea groups is 1. The van der Waals surface area contributed by atoms with Gasteiger partial charge in [-0.15, -0.1) is 0 Å². The number of hydrogen-bond donors (Lipinski definition) is 3. The first-order valence-electron chi connectivity index (χ1n) is 10.4. The molecule has 0 radical (unpaired) electrons. The van der Waals surface area contributed by atoms with Gasteiger partial charge in [0.2, 0.25) is 0 Å². The van der Waals surface area contributed by atoms with Crippen molar-refractivity contribution in [3.05, 3.63) is 94.8 Å². The smallest absolute Gasteiger partial charge is 0.319 e. The fourth-order valence-electron chi connectivity index (χ4n) is 3.86. The minimum Gasteiger partial charge on any atom is -0.339 e. The Morgan fingerprint density at radius 3 is 2.53 bits per heavy atom. The number of nitrogens with two attached hydrogens (primary N) is 1. The zero-order chi connectivity index (χ0) is 22.7. The predicted molar refractivity (Wildman–Crippen MR) is 120 cm³/mol. The number of fused-ring (bicyclic) bond motifs is 1. The first-order chi connectivity index (χ1) is 15.3. The third-order valence-electron chi connectivity index (χ3n) is 5.53. The van der Waals surface area contributed by atoms with Crippen LogP contribution in [-0.4, -0.2) is 14.4 Å². The van der Waals surface area contributed by atoms with Crippen molar-refractivity contribution in [2.24, 2.45) is 0 Å². The molecule has 32 heavy (non-hydrogen) atoms. The SMILES string of the molecule is CC(NC(=O)Nc1ccc(S(=O)(=O)Cc2ccc3c(c2)C[NH2+]C3)c(F)c1)c1ccccc1. The Bertz CT molecular complexity index is 1250. The standard InChI is InChI=1S/C24H24FN3O3S/c1-16(18-5-3-2-4-6-18)27-24(29)28-21-9-10-23(22(25)12-21)32(30,31)15-17-7-8-19-13-26-14-20(19)11-17/h2-12,16,26H,13-15H2,1H3,(H2,27,28,29)/p+1. The van der Waals surface area contributed by atoms with Crippen LogP contribution in [0.25, 0.3) is 0 Å². The van der Waals surface area contributed by atoms with E-state index in [0.717, 1.165) is 30.3 Å². The second kappa shape index (κ2) is 9.10. The summed E-state index contributed by atoms with van der Waals surface area (Å²) in [4.78, 5) is 11.9. The van der Waals surface area contributed by atoms with Crippen LogP contribution in [0.15, 0.2) is 71.6 Å². The van der Waals surface area contributed by atoms with E-state index >= 15 is 0 Å². The molecule has 1 atom stereocenters. The monoisotopic (exact) mass is 454 g/mol. The number of rotatable bonds is 6. The summed E-state index contributed by atoms with van der Waals surface area (Å²) in [6.45, 7) is 3.55. The number of carbonyl (C=O) groups excluding carboxylic acids is 1. The zero-order valence-electron chi connectivity index (χ0n) is 17.6. The number of sulfone groups is 1. The maximum atomic E-state index is 14.7. The number of carbonyl (C=O) groups is 1. The van der Waals surface area contributed by atoms with Crippen molar-refractivity contribution in [1.82, 2.24) is 5.32 Å². The number of amides is 2. The number of quaternary nitrogens is 1. The highest BCUT2D eigenvalue weighted by molar-refractivity contribution is 7.90. The lowest BCUT2D eigenvalue weighted by atomic mass is 10.1.